The summed E-state index contributed by atoms with van der Waals surface area (Å²) in [5.74, 6) is 0.698. The number of aliphatic imine (C=N–C) groups is 1. The highest BCUT2D eigenvalue weighted by Crippen LogP contribution is 2.45. The number of nitrogens with two attached hydrogens (primary N) is 1. The van der Waals surface area contributed by atoms with Gasteiger partial charge in [-0.1, -0.05) is 98.0 Å². The molecule has 0 saturated carbocycles. The molecule has 4 aromatic rings. The van der Waals surface area contributed by atoms with E-state index in [-0.39, 0.29) is 0 Å². The first kappa shape index (κ1) is 22.8. The number of rotatable bonds is 4. The van der Waals surface area contributed by atoms with Crippen molar-refractivity contribution in [2.75, 3.05) is 11.1 Å². The van der Waals surface area contributed by atoms with Crippen molar-refractivity contribution in [1.82, 2.24) is 0 Å². The summed E-state index contributed by atoms with van der Waals surface area (Å²) in [5.41, 5.74) is 17.3. The summed E-state index contributed by atoms with van der Waals surface area (Å²) in [7, 11) is 0. The molecule has 2 aliphatic carbocycles. The highest BCUT2D eigenvalue weighted by atomic mass is 15.0. The Hall–Kier alpha value is -4.37. The van der Waals surface area contributed by atoms with Crippen LogP contribution in [0.3, 0.4) is 0 Å². The van der Waals surface area contributed by atoms with E-state index in [0.717, 1.165) is 35.2 Å². The summed E-state index contributed by atoms with van der Waals surface area (Å²) in [5, 5.41) is 6.04. The van der Waals surface area contributed by atoms with Crippen LogP contribution in [0.1, 0.15) is 47.4 Å². The van der Waals surface area contributed by atoms with Crippen molar-refractivity contribution >= 4 is 40.1 Å². The van der Waals surface area contributed by atoms with E-state index < -0.39 is 0 Å². The molecule has 0 aromatic heterocycles. The van der Waals surface area contributed by atoms with Crippen LogP contribution in [0, 0.1) is 0 Å². The summed E-state index contributed by atoms with van der Waals surface area (Å²) in [6.45, 7) is 2.10. The van der Waals surface area contributed by atoms with Crippen molar-refractivity contribution in [1.29, 1.82) is 0 Å². The Morgan fingerprint density at radius 2 is 1.76 bits per heavy atom. The zero-order valence-corrected chi connectivity index (χ0v) is 21.6. The lowest BCUT2D eigenvalue weighted by Gasteiger charge is -2.24. The first-order valence-corrected chi connectivity index (χ1v) is 13.6. The lowest BCUT2D eigenvalue weighted by atomic mass is 9.81. The van der Waals surface area contributed by atoms with Crippen LogP contribution >= 0.6 is 0 Å². The van der Waals surface area contributed by atoms with Gasteiger partial charge in [0.25, 0.3) is 0 Å². The number of nitrogens with one attached hydrogen (secondary N) is 1. The van der Waals surface area contributed by atoms with E-state index in [1.165, 1.54) is 38.9 Å². The van der Waals surface area contributed by atoms with Crippen molar-refractivity contribution in [2.45, 2.75) is 37.6 Å². The van der Waals surface area contributed by atoms with Gasteiger partial charge in [-0.05, 0) is 58.2 Å². The second kappa shape index (κ2) is 9.18. The fourth-order valence-electron chi connectivity index (χ4n) is 6.31. The number of nitrogens with zero attached hydrogens (tertiary/aromatic N) is 1. The Morgan fingerprint density at radius 1 is 0.921 bits per heavy atom. The minimum absolute atomic E-state index is 0.294. The third-order valence-corrected chi connectivity index (χ3v) is 8.22. The average molecular weight is 494 g/mol. The van der Waals surface area contributed by atoms with Crippen LogP contribution in [0.5, 0.6) is 0 Å². The molecule has 3 heteroatoms. The Kier molecular flexibility index (Phi) is 5.51. The van der Waals surface area contributed by atoms with E-state index in [1.54, 1.807) is 0 Å². The maximum absolute atomic E-state index is 6.71. The summed E-state index contributed by atoms with van der Waals surface area (Å²) >= 11 is 0. The minimum Gasteiger partial charge on any atom is -0.396 e. The molecule has 4 aromatic carbocycles. The van der Waals surface area contributed by atoms with Crippen molar-refractivity contribution in [2.24, 2.45) is 4.99 Å². The predicted molar refractivity (Wildman–Crippen MR) is 163 cm³/mol. The number of nitrogen functional groups attached to an aromatic ring is 1. The normalized spacial score (nSPS) is 20.9. The van der Waals surface area contributed by atoms with Crippen molar-refractivity contribution in [3.8, 4) is 11.1 Å². The second-order valence-electron chi connectivity index (χ2n) is 10.5. The van der Waals surface area contributed by atoms with Gasteiger partial charge in [0.2, 0.25) is 0 Å². The molecule has 186 valence electrons. The molecule has 3 atom stereocenters. The van der Waals surface area contributed by atoms with Gasteiger partial charge in [0.05, 0.1) is 17.4 Å². The molecule has 1 aliphatic heterocycles. The van der Waals surface area contributed by atoms with Crippen LogP contribution in [-0.4, -0.2) is 12.3 Å². The van der Waals surface area contributed by atoms with Gasteiger partial charge in [-0.15, -0.1) is 0 Å². The zero-order valence-electron chi connectivity index (χ0n) is 21.6. The zero-order chi connectivity index (χ0) is 25.6. The molecule has 7 rings (SSSR count). The second-order valence-corrected chi connectivity index (χ2v) is 10.5. The SMILES string of the molecule is CCC=Nc1c(N)c2c(c3ccccc13)CC(c1cccc(-c3ccc4c(c3)C3C=CC=CC3N4)c1)C=C2. The molecule has 0 saturated heterocycles. The molecule has 3 unspecified atom stereocenters. The maximum Gasteiger partial charge on any atom is 0.0939 e. The third kappa shape index (κ3) is 3.69. The van der Waals surface area contributed by atoms with Gasteiger partial charge in [-0.2, -0.15) is 0 Å². The standard InChI is InChI=1S/C35H31N3/c1-2-18-37-35-29-12-4-3-10-26(29)30-20-24(14-16-28(30)34(35)36)22-8-7-9-23(19-22)25-15-17-33-31(21-25)27-11-5-6-13-32(27)38-33/h3-19,21,24,27,32,38H,2,20,36H2,1H3. The van der Waals surface area contributed by atoms with Gasteiger partial charge in [0.15, 0.2) is 0 Å². The Labute approximate surface area is 224 Å². The van der Waals surface area contributed by atoms with Crippen LogP contribution in [-0.2, 0) is 6.42 Å². The van der Waals surface area contributed by atoms with Crippen LogP contribution < -0.4 is 11.1 Å². The molecule has 0 radical (unpaired) electrons. The van der Waals surface area contributed by atoms with E-state index in [9.17, 15) is 0 Å². The quantitative estimate of drug-likeness (QED) is 0.221. The van der Waals surface area contributed by atoms with Crippen LogP contribution in [0.2, 0.25) is 0 Å². The number of allylic oxidation sites excluding steroid dienone is 3. The highest BCUT2D eigenvalue weighted by Gasteiger charge is 2.30. The van der Waals surface area contributed by atoms with Crippen LogP contribution in [0.25, 0.3) is 28.0 Å². The van der Waals surface area contributed by atoms with Crippen molar-refractivity contribution in [3.05, 3.63) is 119 Å². The monoisotopic (exact) mass is 493 g/mol. The van der Waals surface area contributed by atoms with Gasteiger partial charge < -0.3 is 11.1 Å². The molecule has 0 spiro atoms. The van der Waals surface area contributed by atoms with Gasteiger partial charge >= 0.3 is 0 Å². The lowest BCUT2D eigenvalue weighted by molar-refractivity contribution is 0.805. The average Bonchev–Trinajstić information content (AvgIpc) is 3.35. The molecular formula is C35H31N3. The molecule has 0 fully saturated rings. The van der Waals surface area contributed by atoms with E-state index in [2.05, 4.69) is 115 Å². The number of hydrogen-bond donors (Lipinski definition) is 2. The van der Waals surface area contributed by atoms with Crippen LogP contribution in [0.15, 0.2) is 102 Å². The molecule has 3 nitrogen and oxygen atoms in total. The van der Waals surface area contributed by atoms with Crippen molar-refractivity contribution < 1.29 is 0 Å². The van der Waals surface area contributed by atoms with E-state index >= 15 is 0 Å². The summed E-state index contributed by atoms with van der Waals surface area (Å²) < 4.78 is 0. The fraction of sp³-hybridized carbons (Fsp3) is 0.171. The van der Waals surface area contributed by atoms with E-state index in [0.29, 0.717) is 17.9 Å². The highest BCUT2D eigenvalue weighted by molar-refractivity contribution is 6.05. The number of fused-ring (bicyclic) bond motifs is 6. The Balaban J connectivity index is 1.25. The molecular weight excluding hydrogens is 462 g/mol. The first-order valence-electron chi connectivity index (χ1n) is 13.6. The predicted octanol–water partition coefficient (Wildman–Crippen LogP) is 8.56. The van der Waals surface area contributed by atoms with E-state index in [4.69, 9.17) is 10.7 Å². The maximum atomic E-state index is 6.71. The topological polar surface area (TPSA) is 50.4 Å². The number of hydrogen-bond acceptors (Lipinski definition) is 3. The molecule has 3 N–H and O–H groups in total. The molecule has 3 aliphatic rings. The number of anilines is 2. The summed E-state index contributed by atoms with van der Waals surface area (Å²) in [6, 6.07) is 24.8. The lowest BCUT2D eigenvalue weighted by Crippen LogP contribution is -2.17. The summed E-state index contributed by atoms with van der Waals surface area (Å²) in [6.07, 6.45) is 17.1. The first-order chi connectivity index (χ1) is 18.7. The Morgan fingerprint density at radius 3 is 2.66 bits per heavy atom. The van der Waals surface area contributed by atoms with Gasteiger partial charge in [0, 0.05) is 34.7 Å². The third-order valence-electron chi connectivity index (χ3n) is 8.22. The van der Waals surface area contributed by atoms with E-state index in [1.807, 2.05) is 6.21 Å². The minimum atomic E-state index is 0.294. The van der Waals surface area contributed by atoms with Crippen LogP contribution in [0.4, 0.5) is 17.1 Å². The molecule has 38 heavy (non-hydrogen) atoms. The summed E-state index contributed by atoms with van der Waals surface area (Å²) in [4.78, 5) is 4.74. The number of benzene rings is 4. The fourth-order valence-corrected chi connectivity index (χ4v) is 6.31. The van der Waals surface area contributed by atoms with Gasteiger partial charge in [-0.25, -0.2) is 0 Å². The smallest absolute Gasteiger partial charge is 0.0939 e. The Bertz CT molecular complexity index is 1690. The largest absolute Gasteiger partial charge is 0.396 e. The molecule has 0 amide bonds. The molecule has 1 heterocycles. The van der Waals surface area contributed by atoms with Crippen molar-refractivity contribution in [3.63, 3.8) is 0 Å². The van der Waals surface area contributed by atoms with Gasteiger partial charge in [0.1, 0.15) is 0 Å². The van der Waals surface area contributed by atoms with Gasteiger partial charge in [-0.3, -0.25) is 4.99 Å². The molecule has 0 bridgehead atoms.